The maximum Gasteiger partial charge on any atom is 0.323 e. The summed E-state index contributed by atoms with van der Waals surface area (Å²) in [6.45, 7) is 3.21. The first-order valence-corrected chi connectivity index (χ1v) is 5.55. The van der Waals surface area contributed by atoms with E-state index in [0.717, 1.165) is 4.90 Å². The number of carboxylic acid groups (broad SMARTS) is 1. The number of aliphatic carboxylic acids is 1. The molecule has 1 rings (SSSR count). The molecule has 1 amide bonds. The molecule has 6 nitrogen and oxygen atoms in total. The fourth-order valence-corrected chi connectivity index (χ4v) is 1.56. The van der Waals surface area contributed by atoms with Crippen LogP contribution in [-0.2, 0) is 4.79 Å². The first-order valence-electron chi connectivity index (χ1n) is 5.55. The number of hydrogen-bond donors (Lipinski definition) is 2. The minimum Gasteiger partial charge on any atom is -0.497 e. The van der Waals surface area contributed by atoms with Crippen LogP contribution in [0.25, 0.3) is 0 Å². The van der Waals surface area contributed by atoms with Crippen LogP contribution >= 0.6 is 0 Å². The van der Waals surface area contributed by atoms with Crippen LogP contribution in [0.2, 0.25) is 0 Å². The number of hydrogen-bond acceptors (Lipinski definition) is 4. The first kappa shape index (κ1) is 14.6. The van der Waals surface area contributed by atoms with Gasteiger partial charge in [0.1, 0.15) is 12.3 Å². The molecule has 0 heterocycles. The van der Waals surface area contributed by atoms with E-state index < -0.39 is 18.4 Å². The summed E-state index contributed by atoms with van der Waals surface area (Å²) in [5.41, 5.74) is 6.21. The Kier molecular flexibility index (Phi) is 4.93. The summed E-state index contributed by atoms with van der Waals surface area (Å²) in [6.07, 6.45) is 1.46. The van der Waals surface area contributed by atoms with Crippen LogP contribution in [0, 0.1) is 0 Å². The highest BCUT2D eigenvalue weighted by Crippen LogP contribution is 2.21. The summed E-state index contributed by atoms with van der Waals surface area (Å²) < 4.78 is 5.02. The molecule has 6 heteroatoms. The average molecular weight is 264 g/mol. The van der Waals surface area contributed by atoms with E-state index in [1.165, 1.54) is 19.3 Å². The summed E-state index contributed by atoms with van der Waals surface area (Å²) in [4.78, 5) is 24.1. The number of methoxy groups -OCH3 is 1. The summed E-state index contributed by atoms with van der Waals surface area (Å²) in [5.74, 6) is -1.10. The summed E-state index contributed by atoms with van der Waals surface area (Å²) >= 11 is 0. The van der Waals surface area contributed by atoms with Gasteiger partial charge in [0.2, 0.25) is 0 Å². The monoisotopic (exact) mass is 264 g/mol. The second-order valence-electron chi connectivity index (χ2n) is 3.82. The number of nitrogen functional groups attached to an aromatic ring is 1. The number of carbonyl (C=O) groups is 2. The molecule has 0 aliphatic rings. The molecule has 0 aliphatic carbocycles. The van der Waals surface area contributed by atoms with Gasteiger partial charge in [0.25, 0.3) is 5.91 Å². The highest BCUT2D eigenvalue weighted by atomic mass is 16.5. The van der Waals surface area contributed by atoms with Crippen molar-refractivity contribution in [2.45, 2.75) is 0 Å². The van der Waals surface area contributed by atoms with Crippen molar-refractivity contribution in [1.29, 1.82) is 0 Å². The fraction of sp³-hybridized carbons (Fsp3) is 0.231. The third-order valence-corrected chi connectivity index (χ3v) is 2.45. The number of rotatable bonds is 6. The van der Waals surface area contributed by atoms with Crippen LogP contribution in [0.1, 0.15) is 10.4 Å². The van der Waals surface area contributed by atoms with Crippen molar-refractivity contribution >= 4 is 17.6 Å². The number of amides is 1. The number of nitrogens with two attached hydrogens (primary N) is 1. The number of carboxylic acids is 1. The van der Waals surface area contributed by atoms with Crippen molar-refractivity contribution in [3.8, 4) is 5.75 Å². The molecule has 0 atom stereocenters. The molecule has 0 fully saturated rings. The number of carbonyl (C=O) groups excluding carboxylic acids is 1. The second kappa shape index (κ2) is 6.44. The van der Waals surface area contributed by atoms with Gasteiger partial charge >= 0.3 is 5.97 Å². The first-order chi connectivity index (χ1) is 8.99. The van der Waals surface area contributed by atoms with Gasteiger partial charge in [-0.05, 0) is 18.2 Å². The molecule has 19 heavy (non-hydrogen) atoms. The molecule has 0 saturated heterocycles. The predicted molar refractivity (Wildman–Crippen MR) is 71.1 cm³/mol. The van der Waals surface area contributed by atoms with Crippen LogP contribution in [0.5, 0.6) is 5.75 Å². The van der Waals surface area contributed by atoms with Crippen LogP contribution < -0.4 is 10.5 Å². The van der Waals surface area contributed by atoms with Gasteiger partial charge in [-0.1, -0.05) is 6.08 Å². The highest BCUT2D eigenvalue weighted by Gasteiger charge is 2.20. The van der Waals surface area contributed by atoms with E-state index in [2.05, 4.69) is 6.58 Å². The molecule has 0 spiro atoms. The van der Waals surface area contributed by atoms with Crippen molar-refractivity contribution in [2.75, 3.05) is 25.9 Å². The lowest BCUT2D eigenvalue weighted by Gasteiger charge is -2.20. The second-order valence-corrected chi connectivity index (χ2v) is 3.82. The Labute approximate surface area is 111 Å². The van der Waals surface area contributed by atoms with Crippen molar-refractivity contribution in [1.82, 2.24) is 4.90 Å². The van der Waals surface area contributed by atoms with Crippen LogP contribution in [0.3, 0.4) is 0 Å². The lowest BCUT2D eigenvalue weighted by molar-refractivity contribution is -0.137. The van der Waals surface area contributed by atoms with Gasteiger partial charge in [0.15, 0.2) is 0 Å². The van der Waals surface area contributed by atoms with Gasteiger partial charge in [-0.25, -0.2) is 0 Å². The average Bonchev–Trinajstić information content (AvgIpc) is 2.37. The normalized spacial score (nSPS) is 9.74. The minimum atomic E-state index is -1.10. The Morgan fingerprint density at radius 2 is 2.21 bits per heavy atom. The summed E-state index contributed by atoms with van der Waals surface area (Å²) in [5, 5.41) is 8.79. The predicted octanol–water partition coefficient (Wildman–Crippen LogP) is 0.990. The van der Waals surface area contributed by atoms with Gasteiger partial charge in [0, 0.05) is 12.2 Å². The molecular formula is C13H16N2O4. The Hall–Kier alpha value is -2.50. The molecule has 0 bridgehead atoms. The van der Waals surface area contributed by atoms with Gasteiger partial charge in [-0.2, -0.15) is 0 Å². The number of benzene rings is 1. The molecule has 102 valence electrons. The van der Waals surface area contributed by atoms with Crippen LogP contribution in [-0.4, -0.2) is 42.1 Å². The van der Waals surface area contributed by atoms with E-state index >= 15 is 0 Å². The van der Waals surface area contributed by atoms with Crippen molar-refractivity contribution in [2.24, 2.45) is 0 Å². The minimum absolute atomic E-state index is 0.127. The molecule has 1 aromatic rings. The van der Waals surface area contributed by atoms with Crippen LogP contribution in [0.4, 0.5) is 5.69 Å². The molecule has 1 aromatic carbocycles. The van der Waals surface area contributed by atoms with E-state index in [4.69, 9.17) is 15.6 Å². The van der Waals surface area contributed by atoms with Gasteiger partial charge in [-0.3, -0.25) is 9.59 Å². The standard InChI is InChI=1S/C13H16N2O4/c1-3-6-15(8-12(16)17)13(18)10-7-9(19-2)4-5-11(10)14/h3-5,7H,1,6,8,14H2,2H3,(H,16,17). The summed E-state index contributed by atoms with van der Waals surface area (Å²) in [7, 11) is 1.47. The maximum atomic E-state index is 12.2. The zero-order chi connectivity index (χ0) is 14.4. The Morgan fingerprint density at radius 1 is 1.53 bits per heavy atom. The molecule has 3 N–H and O–H groups in total. The topological polar surface area (TPSA) is 92.9 Å². The lowest BCUT2D eigenvalue weighted by Crippen LogP contribution is -2.36. The Bertz CT molecular complexity index is 499. The van der Waals surface area contributed by atoms with E-state index in [9.17, 15) is 9.59 Å². The molecule has 0 unspecified atom stereocenters. The van der Waals surface area contributed by atoms with E-state index in [-0.39, 0.29) is 17.8 Å². The van der Waals surface area contributed by atoms with Crippen molar-refractivity contribution in [3.05, 3.63) is 36.4 Å². The molecular weight excluding hydrogens is 248 g/mol. The van der Waals surface area contributed by atoms with Crippen molar-refractivity contribution in [3.63, 3.8) is 0 Å². The van der Waals surface area contributed by atoms with Crippen LogP contribution in [0.15, 0.2) is 30.9 Å². The number of ether oxygens (including phenoxy) is 1. The quantitative estimate of drug-likeness (QED) is 0.590. The van der Waals surface area contributed by atoms with Gasteiger partial charge in [0.05, 0.1) is 12.7 Å². The fourth-order valence-electron chi connectivity index (χ4n) is 1.56. The molecule has 0 aliphatic heterocycles. The van der Waals surface area contributed by atoms with Crippen molar-refractivity contribution < 1.29 is 19.4 Å². The molecule has 0 radical (unpaired) electrons. The van der Waals surface area contributed by atoms with E-state index in [1.54, 1.807) is 12.1 Å². The zero-order valence-electron chi connectivity index (χ0n) is 10.6. The zero-order valence-corrected chi connectivity index (χ0v) is 10.6. The van der Waals surface area contributed by atoms with E-state index in [1.807, 2.05) is 0 Å². The van der Waals surface area contributed by atoms with Gasteiger partial charge in [-0.15, -0.1) is 6.58 Å². The molecule has 0 aromatic heterocycles. The van der Waals surface area contributed by atoms with Gasteiger partial charge < -0.3 is 20.5 Å². The summed E-state index contributed by atoms with van der Waals surface area (Å²) in [6, 6.07) is 4.65. The van der Waals surface area contributed by atoms with E-state index in [0.29, 0.717) is 5.75 Å². The lowest BCUT2D eigenvalue weighted by atomic mass is 10.1. The largest absolute Gasteiger partial charge is 0.497 e. The Balaban J connectivity index is 3.07. The highest BCUT2D eigenvalue weighted by molar-refractivity contribution is 6.00. The molecule has 0 saturated carbocycles. The Morgan fingerprint density at radius 3 is 2.74 bits per heavy atom. The number of anilines is 1. The maximum absolute atomic E-state index is 12.2. The third kappa shape index (κ3) is 3.74. The number of nitrogens with zero attached hydrogens (tertiary/aromatic N) is 1. The SMILES string of the molecule is C=CCN(CC(=O)O)C(=O)c1cc(OC)ccc1N. The smallest absolute Gasteiger partial charge is 0.323 e. The third-order valence-electron chi connectivity index (χ3n) is 2.45.